The normalized spacial score (nSPS) is 11.3. The van der Waals surface area contributed by atoms with Crippen LogP contribution in [0.25, 0.3) is 11.3 Å². The van der Waals surface area contributed by atoms with E-state index in [1.807, 2.05) is 32.0 Å². The Kier molecular flexibility index (Phi) is 8.04. The minimum atomic E-state index is 0.150. The molecule has 0 amide bonds. The van der Waals surface area contributed by atoms with E-state index >= 15 is 0 Å². The predicted molar refractivity (Wildman–Crippen MR) is 155 cm³/mol. The van der Waals surface area contributed by atoms with Gasteiger partial charge in [-0.2, -0.15) is 10.1 Å². The van der Waals surface area contributed by atoms with Gasteiger partial charge in [-0.25, -0.2) is 9.61 Å². The summed E-state index contributed by atoms with van der Waals surface area (Å²) < 4.78 is 10.8. The molecule has 0 fully saturated rings. The number of hydrogen-bond donors (Lipinski definition) is 2. The lowest BCUT2D eigenvalue weighted by Crippen LogP contribution is -2.05. The minimum Gasteiger partial charge on any atom is -0.487 e. The molecule has 0 bridgehead atoms. The van der Waals surface area contributed by atoms with Crippen LogP contribution < -0.4 is 15.5 Å². The number of anilines is 3. The number of aryl methyl sites for hydroxylation is 1. The number of halogens is 4. The Morgan fingerprint density at radius 2 is 1.64 bits per heavy atom. The molecule has 0 spiro atoms. The average molecular weight is 603 g/mol. The van der Waals surface area contributed by atoms with E-state index in [4.69, 9.17) is 55.8 Å². The molecule has 0 aliphatic heterocycles. The van der Waals surface area contributed by atoms with Gasteiger partial charge < -0.3 is 10.1 Å². The van der Waals surface area contributed by atoms with E-state index in [0.29, 0.717) is 43.0 Å². The highest BCUT2D eigenvalue weighted by Gasteiger charge is 2.15. The number of fused-ring (bicyclic) bond motifs is 1. The first kappa shape index (κ1) is 27.0. The van der Waals surface area contributed by atoms with Crippen molar-refractivity contribution in [2.45, 2.75) is 20.5 Å². The van der Waals surface area contributed by atoms with Crippen molar-refractivity contribution < 1.29 is 9.37 Å². The van der Waals surface area contributed by atoms with E-state index in [1.54, 1.807) is 30.3 Å². The molecule has 198 valence electrons. The third-order valence-corrected chi connectivity index (χ3v) is 6.86. The number of nitrogens with zero attached hydrogens (tertiary/aromatic N) is 5. The molecule has 0 atom stereocenters. The fourth-order valence-electron chi connectivity index (χ4n) is 3.60. The fraction of sp³-hybridized carbons (Fsp3) is 0.115. The zero-order chi connectivity index (χ0) is 27.5. The molecule has 2 N–H and O–H groups in total. The summed E-state index contributed by atoms with van der Waals surface area (Å²) in [6.07, 6.45) is 1.51. The number of rotatable bonds is 8. The second-order valence-electron chi connectivity index (χ2n) is 8.41. The number of nitrogens with one attached hydrogen (secondary N) is 2. The molecule has 0 saturated heterocycles. The van der Waals surface area contributed by atoms with Gasteiger partial charge in [0.25, 0.3) is 0 Å². The van der Waals surface area contributed by atoms with Crippen molar-refractivity contribution in [3.8, 4) is 5.75 Å². The number of ether oxygens (including phenoxy) is 1. The van der Waals surface area contributed by atoms with Gasteiger partial charge in [0.2, 0.25) is 11.3 Å². The third-order valence-electron chi connectivity index (χ3n) is 5.77. The molecular weight excluding hydrogens is 584 g/mol. The van der Waals surface area contributed by atoms with Crippen LogP contribution in [-0.2, 0) is 6.61 Å². The van der Waals surface area contributed by atoms with Crippen LogP contribution in [0.1, 0.15) is 22.3 Å². The summed E-state index contributed by atoms with van der Waals surface area (Å²) >= 11 is 25.0. The molecule has 0 radical (unpaired) electrons. The third kappa shape index (κ3) is 6.17. The van der Waals surface area contributed by atoms with Crippen molar-refractivity contribution in [2.24, 2.45) is 5.10 Å². The maximum absolute atomic E-state index is 6.45. The van der Waals surface area contributed by atoms with Gasteiger partial charge in [-0.15, -0.1) is 0 Å². The van der Waals surface area contributed by atoms with Crippen LogP contribution in [0.2, 0.25) is 20.1 Å². The quantitative estimate of drug-likeness (QED) is 0.136. The molecular formula is C26H19Cl4N7O2. The lowest BCUT2D eigenvalue weighted by molar-refractivity contribution is 0.306. The van der Waals surface area contributed by atoms with Crippen molar-refractivity contribution in [1.82, 2.24) is 20.3 Å². The van der Waals surface area contributed by atoms with Crippen molar-refractivity contribution in [3.63, 3.8) is 0 Å². The van der Waals surface area contributed by atoms with Crippen LogP contribution in [0.4, 0.5) is 17.3 Å². The number of benzene rings is 3. The summed E-state index contributed by atoms with van der Waals surface area (Å²) in [6.45, 7) is 4.18. The van der Waals surface area contributed by atoms with E-state index < -0.39 is 0 Å². The average Bonchev–Trinajstić information content (AvgIpc) is 3.34. The van der Waals surface area contributed by atoms with Crippen LogP contribution in [0, 0.1) is 13.8 Å². The van der Waals surface area contributed by atoms with Gasteiger partial charge >= 0.3 is 0 Å². The smallest absolute Gasteiger partial charge is 0.245 e. The monoisotopic (exact) mass is 601 g/mol. The molecule has 0 saturated carbocycles. The molecule has 13 heteroatoms. The topological polar surface area (TPSA) is 110 Å². The summed E-state index contributed by atoms with van der Waals surface area (Å²) in [7, 11) is 0. The maximum atomic E-state index is 6.45. The Morgan fingerprint density at radius 3 is 2.41 bits per heavy atom. The van der Waals surface area contributed by atoms with Crippen LogP contribution in [0.5, 0.6) is 5.75 Å². The Bertz CT molecular complexity index is 1710. The van der Waals surface area contributed by atoms with Crippen molar-refractivity contribution >= 4 is 81.2 Å². The highest BCUT2D eigenvalue weighted by atomic mass is 35.5. The first-order valence-electron chi connectivity index (χ1n) is 11.5. The van der Waals surface area contributed by atoms with E-state index in [0.717, 1.165) is 22.4 Å². The zero-order valence-electron chi connectivity index (χ0n) is 20.5. The SMILES string of the molecule is Cc1cccc(Nc2nc3nonc3nc2N/N=C\c2cc(Cl)cc(Cl)c2OCc2ccc(Cl)cc2Cl)c1C. The number of hydrazone groups is 1. The van der Waals surface area contributed by atoms with Crippen molar-refractivity contribution in [2.75, 3.05) is 10.7 Å². The predicted octanol–water partition coefficient (Wildman–Crippen LogP) is 8.01. The van der Waals surface area contributed by atoms with Gasteiger partial charge in [-0.05, 0) is 65.6 Å². The first-order valence-corrected chi connectivity index (χ1v) is 13.0. The van der Waals surface area contributed by atoms with E-state index in [-0.39, 0.29) is 17.9 Å². The molecule has 0 aliphatic rings. The van der Waals surface area contributed by atoms with Crippen molar-refractivity contribution in [1.29, 1.82) is 0 Å². The van der Waals surface area contributed by atoms with Crippen LogP contribution in [-0.4, -0.2) is 26.5 Å². The number of aromatic nitrogens is 4. The molecule has 2 heterocycles. The summed E-state index contributed by atoms with van der Waals surface area (Å²) in [6, 6.07) is 14.3. The first-order chi connectivity index (χ1) is 18.8. The summed E-state index contributed by atoms with van der Waals surface area (Å²) in [5.41, 5.74) is 7.65. The Labute approximate surface area is 243 Å². The lowest BCUT2D eigenvalue weighted by atomic mass is 10.1. The van der Waals surface area contributed by atoms with E-state index in [2.05, 4.69) is 36.1 Å². The minimum absolute atomic E-state index is 0.150. The summed E-state index contributed by atoms with van der Waals surface area (Å²) in [5, 5.41) is 16.9. The molecule has 9 nitrogen and oxygen atoms in total. The van der Waals surface area contributed by atoms with Gasteiger partial charge in [0, 0.05) is 31.9 Å². The Balaban J connectivity index is 1.42. The lowest BCUT2D eigenvalue weighted by Gasteiger charge is -2.14. The summed E-state index contributed by atoms with van der Waals surface area (Å²) in [4.78, 5) is 8.92. The molecule has 0 unspecified atom stereocenters. The van der Waals surface area contributed by atoms with Crippen LogP contribution in [0.15, 0.2) is 58.3 Å². The molecule has 0 aliphatic carbocycles. The fourth-order valence-corrected chi connectivity index (χ4v) is 4.62. The zero-order valence-corrected chi connectivity index (χ0v) is 23.5. The highest BCUT2D eigenvalue weighted by molar-refractivity contribution is 6.36. The standard InChI is InChI=1S/C26H19Cl4N7O2/c1-13-4-3-5-21(14(13)2)32-23-24(34-26-25(33-23)36-39-37-26)35-31-11-16-8-18(28)10-20(30)22(16)38-12-15-6-7-17(27)9-19(15)29/h3-11H,12H2,1-2H3,(H,32,33,36)(H,34,35,37)/b31-11-. The highest BCUT2D eigenvalue weighted by Crippen LogP contribution is 2.33. The molecule has 5 aromatic rings. The molecule has 2 aromatic heterocycles. The second kappa shape index (κ2) is 11.6. The number of hydrogen-bond acceptors (Lipinski definition) is 9. The van der Waals surface area contributed by atoms with E-state index in [9.17, 15) is 0 Å². The van der Waals surface area contributed by atoms with Gasteiger partial charge in [0.05, 0.1) is 11.2 Å². The van der Waals surface area contributed by atoms with Gasteiger partial charge in [0.15, 0.2) is 11.6 Å². The molecule has 39 heavy (non-hydrogen) atoms. The van der Waals surface area contributed by atoms with Gasteiger partial charge in [0.1, 0.15) is 12.4 Å². The molecule has 5 rings (SSSR count). The van der Waals surface area contributed by atoms with Gasteiger partial charge in [-0.1, -0.05) is 64.6 Å². The van der Waals surface area contributed by atoms with Crippen LogP contribution in [0.3, 0.4) is 0 Å². The molecule has 3 aromatic carbocycles. The van der Waals surface area contributed by atoms with E-state index in [1.165, 1.54) is 6.21 Å². The van der Waals surface area contributed by atoms with Crippen LogP contribution >= 0.6 is 46.4 Å². The Morgan fingerprint density at radius 1 is 0.897 bits per heavy atom. The van der Waals surface area contributed by atoms with Crippen molar-refractivity contribution in [3.05, 3.63) is 90.9 Å². The Hall–Kier alpha value is -3.63. The largest absolute Gasteiger partial charge is 0.487 e. The van der Waals surface area contributed by atoms with Gasteiger partial charge in [-0.3, -0.25) is 5.43 Å². The summed E-state index contributed by atoms with van der Waals surface area (Å²) in [5.74, 6) is 1.04. The maximum Gasteiger partial charge on any atom is 0.245 e. The second-order valence-corrected chi connectivity index (χ2v) is 10.1.